The van der Waals surface area contributed by atoms with Crippen LogP contribution in [0.2, 0.25) is 0 Å². The monoisotopic (exact) mass is 395 g/mol. The van der Waals surface area contributed by atoms with Crippen LogP contribution < -0.4 is 5.14 Å². The minimum Gasteiger partial charge on any atom is -0.337 e. The minimum atomic E-state index is -4.20. The molecule has 0 radical (unpaired) electrons. The maximum Gasteiger partial charge on any atom is 0.396 e. The maximum atomic E-state index is 12.9. The molecule has 2 bridgehead atoms. The van der Waals surface area contributed by atoms with Gasteiger partial charge in [0, 0.05) is 25.6 Å². The van der Waals surface area contributed by atoms with Crippen LogP contribution >= 0.6 is 0 Å². The van der Waals surface area contributed by atoms with Crippen LogP contribution in [0.3, 0.4) is 0 Å². The molecule has 0 aromatic rings. The highest BCUT2D eigenvalue weighted by molar-refractivity contribution is 7.83. The van der Waals surface area contributed by atoms with E-state index in [0.717, 1.165) is 19.3 Å². The first-order chi connectivity index (χ1) is 12.5. The summed E-state index contributed by atoms with van der Waals surface area (Å²) < 4.78 is 24.3. The number of carbonyl (C=O) groups excluding carboxylic acids is 2. The first-order valence-electron chi connectivity index (χ1n) is 9.55. The van der Waals surface area contributed by atoms with Crippen LogP contribution in [0.1, 0.15) is 46.0 Å². The van der Waals surface area contributed by atoms with E-state index in [0.29, 0.717) is 25.9 Å². The van der Waals surface area contributed by atoms with E-state index in [4.69, 9.17) is 5.14 Å². The standard InChI is InChI=1S/C18H27N4O4S/c1-17(2)13-5-7-18(17,15(23)11-13)12-22(27(19,25)26)10-6-14(20-22)16(24)21-8-3-4-9-21/h6,10,13H,3-5,7-9,11-12H2,1-2H3,(H2,19,25,26)/q+1/t13?,18-,22?/m0/s1. The summed E-state index contributed by atoms with van der Waals surface area (Å²) in [5.41, 5.74) is -1.00. The summed E-state index contributed by atoms with van der Waals surface area (Å²) in [5, 5.41) is 9.88. The molecular weight excluding hydrogens is 368 g/mol. The van der Waals surface area contributed by atoms with Crippen molar-refractivity contribution in [2.45, 2.75) is 46.0 Å². The molecule has 0 spiro atoms. The number of ketones is 1. The third-order valence-electron chi connectivity index (χ3n) is 7.43. The Balaban J connectivity index is 1.73. The maximum absolute atomic E-state index is 12.9. The number of hydrogen-bond acceptors (Lipinski definition) is 5. The molecule has 0 aromatic heterocycles. The molecule has 2 heterocycles. The summed E-state index contributed by atoms with van der Waals surface area (Å²) in [4.78, 5) is 27.2. The highest BCUT2D eigenvalue weighted by Crippen LogP contribution is 2.64. The molecule has 8 nitrogen and oxygen atoms in total. The lowest BCUT2D eigenvalue weighted by atomic mass is 9.68. The number of quaternary nitrogens is 1. The predicted octanol–water partition coefficient (Wildman–Crippen LogP) is 0.908. The van der Waals surface area contributed by atoms with Gasteiger partial charge in [0.2, 0.25) is 0 Å². The Morgan fingerprint density at radius 3 is 2.56 bits per heavy atom. The zero-order valence-corrected chi connectivity index (χ0v) is 16.7. The van der Waals surface area contributed by atoms with Gasteiger partial charge in [-0.05, 0) is 37.0 Å². The molecule has 1 amide bonds. The average molecular weight is 396 g/mol. The van der Waals surface area contributed by atoms with E-state index < -0.39 is 19.6 Å². The number of amides is 1. The molecule has 2 unspecified atom stereocenters. The van der Waals surface area contributed by atoms with Crippen LogP contribution in [-0.2, 0) is 19.8 Å². The number of carbonyl (C=O) groups is 2. The van der Waals surface area contributed by atoms with E-state index in [-0.39, 0.29) is 35.3 Å². The number of hydrogen-bond donors (Lipinski definition) is 1. The summed E-state index contributed by atoms with van der Waals surface area (Å²) in [6.07, 6.45) is 6.69. The zero-order valence-electron chi connectivity index (χ0n) is 15.8. The number of Topliss-reactive ketones (excluding diaryl/α,β-unsaturated/α-hetero) is 1. The molecule has 4 aliphatic rings. The Bertz CT molecular complexity index is 872. The van der Waals surface area contributed by atoms with E-state index in [1.165, 1.54) is 12.3 Å². The average Bonchev–Trinajstić information content (AvgIpc) is 3.32. The highest BCUT2D eigenvalue weighted by atomic mass is 32.2. The molecular formula is C18H27N4O4S+. The van der Waals surface area contributed by atoms with Crippen molar-refractivity contribution in [2.75, 3.05) is 19.6 Å². The summed E-state index contributed by atoms with van der Waals surface area (Å²) in [6.45, 7) is 5.34. The second kappa shape index (κ2) is 5.71. The zero-order chi connectivity index (χ0) is 19.7. The largest absolute Gasteiger partial charge is 0.396 e. The van der Waals surface area contributed by atoms with Gasteiger partial charge in [0.15, 0.2) is 5.71 Å². The van der Waals surface area contributed by atoms with Gasteiger partial charge < -0.3 is 4.90 Å². The molecule has 4 rings (SSSR count). The molecule has 3 atom stereocenters. The van der Waals surface area contributed by atoms with Crippen LogP contribution in [0.5, 0.6) is 0 Å². The summed E-state index contributed by atoms with van der Waals surface area (Å²) in [7, 11) is -4.20. The molecule has 2 aliphatic carbocycles. The predicted molar refractivity (Wildman–Crippen MR) is 99.2 cm³/mol. The van der Waals surface area contributed by atoms with Gasteiger partial charge in [0.25, 0.3) is 5.91 Å². The Hall–Kier alpha value is -1.58. The third-order valence-corrected chi connectivity index (χ3v) is 8.64. The van der Waals surface area contributed by atoms with Crippen molar-refractivity contribution < 1.29 is 22.0 Å². The molecule has 2 N–H and O–H groups in total. The number of likely N-dealkylation sites (tertiary alicyclic amines) is 1. The van der Waals surface area contributed by atoms with Gasteiger partial charge in [-0.2, -0.15) is 13.6 Å². The lowest BCUT2D eigenvalue weighted by Crippen LogP contribution is -2.56. The third kappa shape index (κ3) is 2.48. The Morgan fingerprint density at radius 1 is 1.37 bits per heavy atom. The summed E-state index contributed by atoms with van der Waals surface area (Å²) >= 11 is 0. The smallest absolute Gasteiger partial charge is 0.337 e. The molecule has 2 saturated carbocycles. The van der Waals surface area contributed by atoms with Crippen molar-refractivity contribution in [3.63, 3.8) is 0 Å². The van der Waals surface area contributed by atoms with Gasteiger partial charge in [-0.25, -0.2) is 0 Å². The number of fused-ring (bicyclic) bond motifs is 2. The van der Waals surface area contributed by atoms with Crippen LogP contribution in [0.25, 0.3) is 0 Å². The first-order valence-corrected chi connectivity index (χ1v) is 11.1. The van der Waals surface area contributed by atoms with E-state index in [2.05, 4.69) is 5.10 Å². The molecule has 9 heteroatoms. The van der Waals surface area contributed by atoms with Gasteiger partial charge >= 0.3 is 10.2 Å². The quantitative estimate of drug-likeness (QED) is 0.713. The van der Waals surface area contributed by atoms with Gasteiger partial charge in [-0.1, -0.05) is 22.9 Å². The van der Waals surface area contributed by atoms with Crippen molar-refractivity contribution >= 4 is 27.6 Å². The lowest BCUT2D eigenvalue weighted by Gasteiger charge is -2.39. The van der Waals surface area contributed by atoms with E-state index in [1.54, 1.807) is 4.90 Å². The van der Waals surface area contributed by atoms with Crippen LogP contribution in [0, 0.1) is 16.7 Å². The molecule has 1 saturated heterocycles. The van der Waals surface area contributed by atoms with Crippen molar-refractivity contribution in [1.82, 2.24) is 4.90 Å². The fourth-order valence-corrected chi connectivity index (χ4v) is 6.31. The number of nitrogens with two attached hydrogens (primary N) is 1. The van der Waals surface area contributed by atoms with E-state index >= 15 is 0 Å². The molecule has 2 aliphatic heterocycles. The topological polar surface area (TPSA) is 110 Å². The Morgan fingerprint density at radius 2 is 2.04 bits per heavy atom. The van der Waals surface area contributed by atoms with Crippen molar-refractivity contribution in [2.24, 2.45) is 27.0 Å². The van der Waals surface area contributed by atoms with Crippen LogP contribution in [-0.4, -0.2) is 54.4 Å². The Labute approximate surface area is 159 Å². The molecule has 148 valence electrons. The molecule has 27 heavy (non-hydrogen) atoms. The second-order valence-electron chi connectivity index (χ2n) is 8.90. The molecule has 0 aromatic carbocycles. The minimum absolute atomic E-state index is 0.0402. The SMILES string of the molecule is CC1(C)C2CC[C@]1(C[N+]1(S(N)(=O)=O)C=CC(C(=O)N3CCCC3)=N1)C(=O)C2. The summed E-state index contributed by atoms with van der Waals surface area (Å²) in [6, 6.07) is 0. The normalized spacial score (nSPS) is 37.3. The van der Waals surface area contributed by atoms with E-state index in [1.807, 2.05) is 13.8 Å². The fraction of sp³-hybridized carbons (Fsp3) is 0.722. The van der Waals surface area contributed by atoms with Crippen LogP contribution in [0.4, 0.5) is 0 Å². The number of rotatable bonds is 4. The van der Waals surface area contributed by atoms with Gasteiger partial charge in [-0.3, -0.25) is 9.59 Å². The van der Waals surface area contributed by atoms with Crippen molar-refractivity contribution in [3.8, 4) is 0 Å². The van der Waals surface area contributed by atoms with E-state index in [9.17, 15) is 18.0 Å². The molecule has 3 fully saturated rings. The number of nitrogens with zero attached hydrogens (tertiary/aromatic N) is 3. The summed E-state index contributed by atoms with van der Waals surface area (Å²) in [5.74, 6) is 0.0748. The lowest BCUT2D eigenvalue weighted by molar-refractivity contribution is -0.764. The van der Waals surface area contributed by atoms with Crippen molar-refractivity contribution in [1.29, 1.82) is 0 Å². The Kier molecular flexibility index (Phi) is 3.97. The van der Waals surface area contributed by atoms with Crippen LogP contribution in [0.15, 0.2) is 17.4 Å². The van der Waals surface area contributed by atoms with Gasteiger partial charge in [-0.15, -0.1) is 0 Å². The van der Waals surface area contributed by atoms with Gasteiger partial charge in [0.1, 0.15) is 18.5 Å². The van der Waals surface area contributed by atoms with Crippen molar-refractivity contribution in [3.05, 3.63) is 12.3 Å². The fourth-order valence-electron chi connectivity index (χ4n) is 5.48. The second-order valence-corrected chi connectivity index (χ2v) is 10.6. The first kappa shape index (κ1) is 18.8. The van der Waals surface area contributed by atoms with Gasteiger partial charge in [0.05, 0.1) is 5.41 Å². The highest BCUT2D eigenvalue weighted by Gasteiger charge is 2.69.